The van der Waals surface area contributed by atoms with E-state index in [2.05, 4.69) is 10.1 Å². The summed E-state index contributed by atoms with van der Waals surface area (Å²) >= 11 is 0. The highest BCUT2D eigenvalue weighted by molar-refractivity contribution is 5.78. The van der Waals surface area contributed by atoms with E-state index in [1.54, 1.807) is 14.0 Å². The molecule has 1 unspecified atom stereocenters. The first-order valence-electron chi connectivity index (χ1n) is 5.07. The van der Waals surface area contributed by atoms with Crippen molar-refractivity contribution in [3.63, 3.8) is 0 Å². The summed E-state index contributed by atoms with van der Waals surface area (Å²) in [6.07, 6.45) is 0. The first-order chi connectivity index (χ1) is 7.58. The number of nitrogens with one attached hydrogen (secondary N) is 1. The summed E-state index contributed by atoms with van der Waals surface area (Å²) in [5, 5.41) is 3.05. The number of hydrogen-bond acceptors (Lipinski definition) is 4. The minimum absolute atomic E-state index is 0.284. The molecule has 0 saturated carbocycles. The van der Waals surface area contributed by atoms with Gasteiger partial charge in [0.05, 0.1) is 14.2 Å². The van der Waals surface area contributed by atoms with Crippen LogP contribution in [-0.2, 0) is 9.53 Å². The highest BCUT2D eigenvalue weighted by Crippen LogP contribution is 2.21. The maximum atomic E-state index is 11.2. The Morgan fingerprint density at radius 3 is 2.56 bits per heavy atom. The molecule has 4 nitrogen and oxygen atoms in total. The Bertz CT molecular complexity index is 377. The van der Waals surface area contributed by atoms with Crippen LogP contribution in [0.1, 0.15) is 12.5 Å². The van der Waals surface area contributed by atoms with Gasteiger partial charge in [0.25, 0.3) is 0 Å². The molecule has 1 N–H and O–H groups in total. The van der Waals surface area contributed by atoms with Crippen LogP contribution >= 0.6 is 0 Å². The lowest BCUT2D eigenvalue weighted by atomic mass is 10.2. The highest BCUT2D eigenvalue weighted by Gasteiger charge is 2.12. The van der Waals surface area contributed by atoms with Crippen molar-refractivity contribution in [2.24, 2.45) is 0 Å². The predicted octanol–water partition coefficient (Wildman–Crippen LogP) is 1.98. The largest absolute Gasteiger partial charge is 0.496 e. The third kappa shape index (κ3) is 2.89. The molecule has 0 aromatic heterocycles. The number of benzene rings is 1. The lowest BCUT2D eigenvalue weighted by Gasteiger charge is -2.14. The van der Waals surface area contributed by atoms with Crippen LogP contribution in [-0.4, -0.2) is 26.2 Å². The highest BCUT2D eigenvalue weighted by atomic mass is 16.5. The summed E-state index contributed by atoms with van der Waals surface area (Å²) in [5.74, 6) is 0.546. The standard InChI is InChI=1S/C12H17NO3/c1-8-7-10(5-6-11(8)15-3)13-9(2)12(14)16-4/h5-7,9,13H,1-4H3. The van der Waals surface area contributed by atoms with E-state index in [-0.39, 0.29) is 12.0 Å². The number of methoxy groups -OCH3 is 2. The summed E-state index contributed by atoms with van der Waals surface area (Å²) < 4.78 is 9.79. The third-order valence-corrected chi connectivity index (χ3v) is 2.33. The molecule has 1 atom stereocenters. The monoisotopic (exact) mass is 223 g/mol. The van der Waals surface area contributed by atoms with E-state index in [4.69, 9.17) is 4.74 Å². The molecule has 88 valence electrons. The second kappa shape index (κ2) is 5.39. The molecule has 0 heterocycles. The molecule has 4 heteroatoms. The van der Waals surface area contributed by atoms with Crippen LogP contribution in [0, 0.1) is 6.92 Å². The molecule has 0 saturated heterocycles. The number of anilines is 1. The van der Waals surface area contributed by atoms with E-state index in [1.165, 1.54) is 7.11 Å². The van der Waals surface area contributed by atoms with E-state index in [0.717, 1.165) is 17.0 Å². The fourth-order valence-electron chi connectivity index (χ4n) is 1.45. The van der Waals surface area contributed by atoms with Gasteiger partial charge in [-0.2, -0.15) is 0 Å². The Morgan fingerprint density at radius 1 is 1.38 bits per heavy atom. The second-order valence-corrected chi connectivity index (χ2v) is 3.57. The Morgan fingerprint density at radius 2 is 2.06 bits per heavy atom. The summed E-state index contributed by atoms with van der Waals surface area (Å²) in [6, 6.07) is 5.29. The first kappa shape index (κ1) is 12.4. The topological polar surface area (TPSA) is 47.6 Å². The van der Waals surface area contributed by atoms with Gasteiger partial charge in [0, 0.05) is 5.69 Å². The molecular formula is C12H17NO3. The predicted molar refractivity (Wildman–Crippen MR) is 62.8 cm³/mol. The second-order valence-electron chi connectivity index (χ2n) is 3.57. The molecule has 1 rings (SSSR count). The van der Waals surface area contributed by atoms with Crippen molar-refractivity contribution in [1.29, 1.82) is 0 Å². The normalized spacial score (nSPS) is 11.8. The van der Waals surface area contributed by atoms with Crippen LogP contribution in [0.25, 0.3) is 0 Å². The van der Waals surface area contributed by atoms with Gasteiger partial charge in [-0.25, -0.2) is 4.79 Å². The molecule has 0 aliphatic rings. The first-order valence-corrected chi connectivity index (χ1v) is 5.07. The average molecular weight is 223 g/mol. The average Bonchev–Trinajstić information content (AvgIpc) is 2.28. The maximum Gasteiger partial charge on any atom is 0.327 e. The summed E-state index contributed by atoms with van der Waals surface area (Å²) in [5.41, 5.74) is 1.89. The molecule has 0 spiro atoms. The number of esters is 1. The lowest BCUT2D eigenvalue weighted by molar-refractivity contribution is -0.141. The van der Waals surface area contributed by atoms with E-state index >= 15 is 0 Å². The third-order valence-electron chi connectivity index (χ3n) is 2.33. The molecule has 1 aromatic rings. The molecule has 0 aliphatic heterocycles. The molecule has 1 aromatic carbocycles. The Kier molecular flexibility index (Phi) is 4.17. The molecule has 0 fully saturated rings. The van der Waals surface area contributed by atoms with Crippen molar-refractivity contribution >= 4 is 11.7 Å². The van der Waals surface area contributed by atoms with Gasteiger partial charge in [-0.05, 0) is 37.6 Å². The number of carbonyl (C=O) groups excluding carboxylic acids is 1. The fourth-order valence-corrected chi connectivity index (χ4v) is 1.45. The molecule has 0 aliphatic carbocycles. The molecular weight excluding hydrogens is 206 g/mol. The number of carbonyl (C=O) groups is 1. The van der Waals surface area contributed by atoms with Crippen molar-refractivity contribution < 1.29 is 14.3 Å². The molecule has 0 bridgehead atoms. The summed E-state index contributed by atoms with van der Waals surface area (Å²) in [7, 11) is 3.01. The van der Waals surface area contributed by atoms with Crippen LogP contribution < -0.4 is 10.1 Å². The minimum Gasteiger partial charge on any atom is -0.496 e. The van der Waals surface area contributed by atoms with Crippen molar-refractivity contribution in [3.8, 4) is 5.75 Å². The zero-order valence-electron chi connectivity index (χ0n) is 10.0. The van der Waals surface area contributed by atoms with Crippen molar-refractivity contribution in [3.05, 3.63) is 23.8 Å². The Labute approximate surface area is 95.6 Å². The van der Waals surface area contributed by atoms with Gasteiger partial charge < -0.3 is 14.8 Å². The number of ether oxygens (including phenoxy) is 2. The van der Waals surface area contributed by atoms with Gasteiger partial charge in [0.15, 0.2) is 0 Å². The van der Waals surface area contributed by atoms with Crippen LogP contribution in [0.5, 0.6) is 5.75 Å². The van der Waals surface area contributed by atoms with Gasteiger partial charge in [-0.3, -0.25) is 0 Å². The lowest BCUT2D eigenvalue weighted by Crippen LogP contribution is -2.27. The van der Waals surface area contributed by atoms with Crippen molar-refractivity contribution in [1.82, 2.24) is 0 Å². The Balaban J connectivity index is 2.75. The van der Waals surface area contributed by atoms with Crippen LogP contribution in [0.15, 0.2) is 18.2 Å². The SMILES string of the molecule is COC(=O)C(C)Nc1ccc(OC)c(C)c1. The Hall–Kier alpha value is -1.71. The van der Waals surface area contributed by atoms with E-state index in [9.17, 15) is 4.79 Å². The van der Waals surface area contributed by atoms with E-state index in [0.29, 0.717) is 0 Å². The molecule has 0 amide bonds. The number of rotatable bonds is 4. The zero-order valence-corrected chi connectivity index (χ0v) is 10.0. The summed E-state index contributed by atoms with van der Waals surface area (Å²) in [4.78, 5) is 11.2. The van der Waals surface area contributed by atoms with Crippen LogP contribution in [0.2, 0.25) is 0 Å². The van der Waals surface area contributed by atoms with Crippen LogP contribution in [0.4, 0.5) is 5.69 Å². The number of aryl methyl sites for hydroxylation is 1. The smallest absolute Gasteiger partial charge is 0.327 e. The maximum absolute atomic E-state index is 11.2. The quantitative estimate of drug-likeness (QED) is 0.793. The summed E-state index contributed by atoms with van der Waals surface area (Å²) in [6.45, 7) is 3.71. The van der Waals surface area contributed by atoms with Crippen LogP contribution in [0.3, 0.4) is 0 Å². The van der Waals surface area contributed by atoms with Gasteiger partial charge in [0.2, 0.25) is 0 Å². The zero-order chi connectivity index (χ0) is 12.1. The van der Waals surface area contributed by atoms with Gasteiger partial charge in [-0.1, -0.05) is 0 Å². The van der Waals surface area contributed by atoms with E-state index in [1.807, 2.05) is 25.1 Å². The van der Waals surface area contributed by atoms with E-state index < -0.39 is 0 Å². The number of hydrogen-bond donors (Lipinski definition) is 1. The molecule has 16 heavy (non-hydrogen) atoms. The van der Waals surface area contributed by atoms with Gasteiger partial charge in [0.1, 0.15) is 11.8 Å². The minimum atomic E-state index is -0.363. The molecule has 0 radical (unpaired) electrons. The van der Waals surface area contributed by atoms with Crippen molar-refractivity contribution in [2.75, 3.05) is 19.5 Å². The fraction of sp³-hybridized carbons (Fsp3) is 0.417. The van der Waals surface area contributed by atoms with Crippen molar-refractivity contribution in [2.45, 2.75) is 19.9 Å². The van der Waals surface area contributed by atoms with Gasteiger partial charge in [-0.15, -0.1) is 0 Å². The van der Waals surface area contributed by atoms with Gasteiger partial charge >= 0.3 is 5.97 Å².